The number of rotatable bonds is 7. The molecule has 5 nitrogen and oxygen atoms in total. The highest BCUT2D eigenvalue weighted by atomic mass is 32.1. The highest BCUT2D eigenvalue weighted by Gasteiger charge is 2.17. The Morgan fingerprint density at radius 1 is 1.20 bits per heavy atom. The standard InChI is InChI=1S/C19H25N3O2S/c1-5-9-16-20-13(4)17(25-16)18(23)21-15-11-8-10-14(12-15)19(24)22(6-2)7-3/h8,10-12H,5-7,9H2,1-4H3,(H,21,23). The normalized spacial score (nSPS) is 10.6. The van der Waals surface area contributed by atoms with E-state index in [1.165, 1.54) is 11.3 Å². The first kappa shape index (κ1) is 19.1. The van der Waals surface area contributed by atoms with E-state index in [9.17, 15) is 9.59 Å². The number of nitrogens with zero attached hydrogens (tertiary/aromatic N) is 2. The molecule has 2 aromatic rings. The summed E-state index contributed by atoms with van der Waals surface area (Å²) in [6, 6.07) is 7.07. The molecule has 0 saturated carbocycles. The number of benzene rings is 1. The van der Waals surface area contributed by atoms with Gasteiger partial charge in [0.05, 0.1) is 10.7 Å². The molecule has 0 radical (unpaired) electrons. The lowest BCUT2D eigenvalue weighted by atomic mass is 10.1. The molecule has 0 atom stereocenters. The maximum absolute atomic E-state index is 12.5. The summed E-state index contributed by atoms with van der Waals surface area (Å²) in [5.41, 5.74) is 1.95. The number of carbonyl (C=O) groups excluding carboxylic acids is 2. The summed E-state index contributed by atoms with van der Waals surface area (Å²) in [7, 11) is 0. The lowest BCUT2D eigenvalue weighted by Gasteiger charge is -2.19. The largest absolute Gasteiger partial charge is 0.339 e. The Bertz CT molecular complexity index is 751. The van der Waals surface area contributed by atoms with E-state index in [0.29, 0.717) is 29.2 Å². The van der Waals surface area contributed by atoms with Crippen LogP contribution in [0.1, 0.15) is 57.9 Å². The second-order valence-corrected chi connectivity index (χ2v) is 6.87. The van der Waals surface area contributed by atoms with Crippen molar-refractivity contribution in [3.8, 4) is 0 Å². The minimum Gasteiger partial charge on any atom is -0.339 e. The van der Waals surface area contributed by atoms with Crippen molar-refractivity contribution in [1.29, 1.82) is 0 Å². The number of thiazole rings is 1. The van der Waals surface area contributed by atoms with Gasteiger partial charge in [-0.05, 0) is 51.8 Å². The minimum atomic E-state index is -0.176. The monoisotopic (exact) mass is 359 g/mol. The average Bonchev–Trinajstić information content (AvgIpc) is 2.97. The summed E-state index contributed by atoms with van der Waals surface area (Å²) in [5, 5.41) is 3.87. The second-order valence-electron chi connectivity index (χ2n) is 5.78. The predicted octanol–water partition coefficient (Wildman–Crippen LogP) is 4.14. The Morgan fingerprint density at radius 2 is 1.92 bits per heavy atom. The van der Waals surface area contributed by atoms with Crippen molar-refractivity contribution in [1.82, 2.24) is 9.88 Å². The molecular formula is C19H25N3O2S. The third-order valence-electron chi connectivity index (χ3n) is 3.93. The van der Waals surface area contributed by atoms with Gasteiger partial charge < -0.3 is 10.2 Å². The topological polar surface area (TPSA) is 62.3 Å². The highest BCUT2D eigenvalue weighted by molar-refractivity contribution is 7.13. The fourth-order valence-electron chi connectivity index (χ4n) is 2.59. The molecular weight excluding hydrogens is 334 g/mol. The summed E-state index contributed by atoms with van der Waals surface area (Å²) < 4.78 is 0. The van der Waals surface area contributed by atoms with Crippen molar-refractivity contribution in [2.75, 3.05) is 18.4 Å². The van der Waals surface area contributed by atoms with E-state index in [4.69, 9.17) is 0 Å². The van der Waals surface area contributed by atoms with E-state index in [0.717, 1.165) is 23.5 Å². The van der Waals surface area contributed by atoms with Crippen LogP contribution in [0.2, 0.25) is 0 Å². The van der Waals surface area contributed by atoms with Gasteiger partial charge in [-0.1, -0.05) is 13.0 Å². The van der Waals surface area contributed by atoms with E-state index in [2.05, 4.69) is 17.2 Å². The lowest BCUT2D eigenvalue weighted by Crippen LogP contribution is -2.30. The average molecular weight is 359 g/mol. The first-order valence-corrected chi connectivity index (χ1v) is 9.48. The van der Waals surface area contributed by atoms with Crippen molar-refractivity contribution in [3.05, 3.63) is 45.4 Å². The number of anilines is 1. The van der Waals surface area contributed by atoms with Gasteiger partial charge in [-0.15, -0.1) is 11.3 Å². The Balaban J connectivity index is 2.16. The van der Waals surface area contributed by atoms with Gasteiger partial charge in [0.2, 0.25) is 0 Å². The molecule has 0 aliphatic heterocycles. The molecule has 0 bridgehead atoms. The van der Waals surface area contributed by atoms with E-state index in [1.54, 1.807) is 29.2 Å². The molecule has 0 fully saturated rings. The maximum Gasteiger partial charge on any atom is 0.267 e. The lowest BCUT2D eigenvalue weighted by molar-refractivity contribution is 0.0772. The highest BCUT2D eigenvalue weighted by Crippen LogP contribution is 2.21. The number of nitrogens with one attached hydrogen (secondary N) is 1. The number of aryl methyl sites for hydroxylation is 2. The van der Waals surface area contributed by atoms with Crippen LogP contribution < -0.4 is 5.32 Å². The zero-order chi connectivity index (χ0) is 18.4. The molecule has 0 spiro atoms. The van der Waals surface area contributed by atoms with Crippen LogP contribution in [0, 0.1) is 6.92 Å². The number of amides is 2. The number of hydrogen-bond acceptors (Lipinski definition) is 4. The Labute approximate surface area is 153 Å². The van der Waals surface area contributed by atoms with Gasteiger partial charge in [-0.3, -0.25) is 9.59 Å². The molecule has 0 aliphatic rings. The molecule has 0 unspecified atom stereocenters. The van der Waals surface area contributed by atoms with Crippen molar-refractivity contribution >= 4 is 28.8 Å². The van der Waals surface area contributed by atoms with Crippen molar-refractivity contribution in [3.63, 3.8) is 0 Å². The molecule has 0 aliphatic carbocycles. The molecule has 25 heavy (non-hydrogen) atoms. The SMILES string of the molecule is CCCc1nc(C)c(C(=O)Nc2cccc(C(=O)N(CC)CC)c2)s1. The molecule has 6 heteroatoms. The molecule has 1 aromatic carbocycles. The van der Waals surface area contributed by atoms with Gasteiger partial charge in [-0.25, -0.2) is 4.98 Å². The minimum absolute atomic E-state index is 0.0275. The van der Waals surface area contributed by atoms with Crippen LogP contribution in [-0.4, -0.2) is 34.8 Å². The second kappa shape index (κ2) is 8.76. The first-order valence-electron chi connectivity index (χ1n) is 8.67. The van der Waals surface area contributed by atoms with E-state index >= 15 is 0 Å². The number of aromatic nitrogens is 1. The van der Waals surface area contributed by atoms with Crippen LogP contribution in [-0.2, 0) is 6.42 Å². The van der Waals surface area contributed by atoms with Gasteiger partial charge in [0.15, 0.2) is 0 Å². The van der Waals surface area contributed by atoms with E-state index < -0.39 is 0 Å². The third kappa shape index (κ3) is 4.66. The Kier molecular flexibility index (Phi) is 6.70. The van der Waals surface area contributed by atoms with E-state index in [1.807, 2.05) is 20.8 Å². The summed E-state index contributed by atoms with van der Waals surface area (Å²) >= 11 is 1.44. The summed E-state index contributed by atoms with van der Waals surface area (Å²) in [4.78, 5) is 31.8. The summed E-state index contributed by atoms with van der Waals surface area (Å²) in [6.07, 6.45) is 1.89. The van der Waals surface area contributed by atoms with Crippen molar-refractivity contribution in [2.24, 2.45) is 0 Å². The van der Waals surface area contributed by atoms with Gasteiger partial charge >= 0.3 is 0 Å². The van der Waals surface area contributed by atoms with Crippen molar-refractivity contribution < 1.29 is 9.59 Å². The zero-order valence-electron chi connectivity index (χ0n) is 15.3. The van der Waals surface area contributed by atoms with Crippen molar-refractivity contribution in [2.45, 2.75) is 40.5 Å². The molecule has 2 amide bonds. The van der Waals surface area contributed by atoms with E-state index in [-0.39, 0.29) is 11.8 Å². The van der Waals surface area contributed by atoms with Crippen LogP contribution in [0.3, 0.4) is 0 Å². The van der Waals surface area contributed by atoms with Gasteiger partial charge in [0.25, 0.3) is 11.8 Å². The molecule has 1 heterocycles. The van der Waals surface area contributed by atoms with Gasteiger partial charge in [0, 0.05) is 24.3 Å². The molecule has 1 N–H and O–H groups in total. The van der Waals surface area contributed by atoms with Crippen LogP contribution in [0.4, 0.5) is 5.69 Å². The molecule has 134 valence electrons. The fraction of sp³-hybridized carbons (Fsp3) is 0.421. The first-order chi connectivity index (χ1) is 12.0. The van der Waals surface area contributed by atoms with Crippen LogP contribution in [0.25, 0.3) is 0 Å². The van der Waals surface area contributed by atoms with Crippen LogP contribution >= 0.6 is 11.3 Å². The predicted molar refractivity (Wildman–Crippen MR) is 102 cm³/mol. The van der Waals surface area contributed by atoms with Crippen LogP contribution in [0.5, 0.6) is 0 Å². The fourth-order valence-corrected chi connectivity index (χ4v) is 3.66. The summed E-state index contributed by atoms with van der Waals surface area (Å²) in [6.45, 7) is 9.17. The quantitative estimate of drug-likeness (QED) is 0.808. The molecule has 0 saturated heterocycles. The maximum atomic E-state index is 12.5. The van der Waals surface area contributed by atoms with Gasteiger partial charge in [-0.2, -0.15) is 0 Å². The third-order valence-corrected chi connectivity index (χ3v) is 5.14. The summed E-state index contributed by atoms with van der Waals surface area (Å²) in [5.74, 6) is -0.204. The Hall–Kier alpha value is -2.21. The Morgan fingerprint density at radius 3 is 2.56 bits per heavy atom. The smallest absolute Gasteiger partial charge is 0.267 e. The van der Waals surface area contributed by atoms with Crippen LogP contribution in [0.15, 0.2) is 24.3 Å². The molecule has 1 aromatic heterocycles. The number of carbonyl (C=O) groups is 2. The zero-order valence-corrected chi connectivity index (χ0v) is 16.1. The molecule has 2 rings (SSSR count). The number of hydrogen-bond donors (Lipinski definition) is 1. The van der Waals surface area contributed by atoms with Gasteiger partial charge in [0.1, 0.15) is 4.88 Å².